The molecule has 0 amide bonds. The number of rotatable bonds is 3. The van der Waals surface area contributed by atoms with Gasteiger partial charge in [-0.25, -0.2) is 0 Å². The van der Waals surface area contributed by atoms with Gasteiger partial charge in [-0.05, 0) is 61.2 Å². The Morgan fingerprint density at radius 1 is 0.957 bits per heavy atom. The highest BCUT2D eigenvalue weighted by atomic mass is 35.5. The molecule has 0 aliphatic carbocycles. The van der Waals surface area contributed by atoms with Crippen LogP contribution in [-0.4, -0.2) is 29.3 Å². The van der Waals surface area contributed by atoms with Gasteiger partial charge >= 0.3 is 0 Å². The van der Waals surface area contributed by atoms with Gasteiger partial charge in [0.05, 0.1) is 4.75 Å². The standard InChI is InChI=1S/C19H21ClN2S/c20-17-8-6-16(7-9-17)14-21-12-10-19(15-21)11-13-22(23-19)18-4-2-1-3-5-18/h1-9H,10-15H2. The van der Waals surface area contributed by atoms with Crippen LogP contribution in [0.2, 0.25) is 5.02 Å². The van der Waals surface area contributed by atoms with Gasteiger partial charge in [0.15, 0.2) is 0 Å². The molecule has 0 bridgehead atoms. The number of nitrogens with zero attached hydrogens (tertiary/aromatic N) is 2. The van der Waals surface area contributed by atoms with Crippen molar-refractivity contribution in [1.29, 1.82) is 0 Å². The summed E-state index contributed by atoms with van der Waals surface area (Å²) < 4.78 is 2.88. The lowest BCUT2D eigenvalue weighted by molar-refractivity contribution is 0.322. The molecule has 0 radical (unpaired) electrons. The molecule has 120 valence electrons. The molecule has 4 rings (SSSR count). The van der Waals surface area contributed by atoms with E-state index in [-0.39, 0.29) is 0 Å². The maximum absolute atomic E-state index is 5.98. The average molecular weight is 345 g/mol. The number of para-hydroxylation sites is 1. The Morgan fingerprint density at radius 3 is 2.48 bits per heavy atom. The SMILES string of the molecule is Clc1ccc(CN2CCC3(CCN(c4ccccc4)S3)C2)cc1. The summed E-state index contributed by atoms with van der Waals surface area (Å²) in [4.78, 5) is 2.59. The number of hydrogen-bond donors (Lipinski definition) is 0. The van der Waals surface area contributed by atoms with E-state index in [9.17, 15) is 0 Å². The molecule has 2 fully saturated rings. The predicted octanol–water partition coefficient (Wildman–Crippen LogP) is 4.84. The van der Waals surface area contributed by atoms with Crippen LogP contribution in [0, 0.1) is 0 Å². The van der Waals surface area contributed by atoms with Crippen molar-refractivity contribution in [2.75, 3.05) is 23.9 Å². The van der Waals surface area contributed by atoms with Crippen molar-refractivity contribution >= 4 is 29.2 Å². The normalized spacial score (nSPS) is 24.7. The van der Waals surface area contributed by atoms with Crippen LogP contribution in [0.1, 0.15) is 18.4 Å². The van der Waals surface area contributed by atoms with Crippen LogP contribution in [0.15, 0.2) is 54.6 Å². The summed E-state index contributed by atoms with van der Waals surface area (Å²) in [5, 5.41) is 0.816. The second-order valence-corrected chi connectivity index (χ2v) is 8.47. The maximum atomic E-state index is 5.98. The quantitative estimate of drug-likeness (QED) is 0.735. The van der Waals surface area contributed by atoms with Crippen molar-refractivity contribution in [1.82, 2.24) is 4.90 Å². The number of anilines is 1. The predicted molar refractivity (Wildman–Crippen MR) is 100 cm³/mol. The molecule has 1 atom stereocenters. The fraction of sp³-hybridized carbons (Fsp3) is 0.368. The highest BCUT2D eigenvalue weighted by Gasteiger charge is 2.44. The summed E-state index contributed by atoms with van der Waals surface area (Å²) in [5.74, 6) is 0. The summed E-state index contributed by atoms with van der Waals surface area (Å²) >= 11 is 8.04. The third kappa shape index (κ3) is 3.37. The molecule has 4 heteroatoms. The van der Waals surface area contributed by atoms with Crippen molar-refractivity contribution < 1.29 is 0 Å². The van der Waals surface area contributed by atoms with E-state index in [1.807, 2.05) is 12.1 Å². The van der Waals surface area contributed by atoms with Gasteiger partial charge in [0.2, 0.25) is 0 Å². The van der Waals surface area contributed by atoms with Gasteiger partial charge in [0, 0.05) is 30.3 Å². The fourth-order valence-corrected chi connectivity index (χ4v) is 5.20. The second kappa shape index (κ2) is 6.39. The van der Waals surface area contributed by atoms with Gasteiger partial charge in [-0.15, -0.1) is 0 Å². The second-order valence-electron chi connectivity index (χ2n) is 6.55. The van der Waals surface area contributed by atoms with Crippen LogP contribution in [0.5, 0.6) is 0 Å². The van der Waals surface area contributed by atoms with Crippen molar-refractivity contribution in [2.24, 2.45) is 0 Å². The largest absolute Gasteiger partial charge is 0.316 e. The summed E-state index contributed by atoms with van der Waals surface area (Å²) in [6, 6.07) is 19.0. The van der Waals surface area contributed by atoms with Crippen LogP contribution >= 0.6 is 23.5 Å². The molecule has 2 nitrogen and oxygen atoms in total. The van der Waals surface area contributed by atoms with Gasteiger partial charge in [-0.3, -0.25) is 4.90 Å². The Hall–Kier alpha value is -1.16. The zero-order chi connectivity index (χ0) is 15.7. The van der Waals surface area contributed by atoms with E-state index in [0.717, 1.165) is 18.1 Å². The molecule has 2 aromatic carbocycles. The van der Waals surface area contributed by atoms with Crippen molar-refractivity contribution in [3.8, 4) is 0 Å². The smallest absolute Gasteiger partial charge is 0.0515 e. The van der Waals surface area contributed by atoms with Crippen molar-refractivity contribution in [3.63, 3.8) is 0 Å². The third-order valence-electron chi connectivity index (χ3n) is 4.83. The zero-order valence-corrected chi connectivity index (χ0v) is 14.7. The molecule has 1 spiro atoms. The van der Waals surface area contributed by atoms with Crippen LogP contribution in [0.25, 0.3) is 0 Å². The highest BCUT2D eigenvalue weighted by Crippen LogP contribution is 2.47. The van der Waals surface area contributed by atoms with E-state index in [4.69, 9.17) is 11.6 Å². The maximum Gasteiger partial charge on any atom is 0.0515 e. The first-order valence-corrected chi connectivity index (χ1v) is 9.36. The topological polar surface area (TPSA) is 6.48 Å². The van der Waals surface area contributed by atoms with Crippen molar-refractivity contribution in [3.05, 3.63) is 65.2 Å². The summed E-state index contributed by atoms with van der Waals surface area (Å²) in [6.45, 7) is 4.57. The van der Waals surface area contributed by atoms with E-state index in [2.05, 4.69) is 63.6 Å². The number of hydrogen-bond acceptors (Lipinski definition) is 3. The van der Waals surface area contributed by atoms with Crippen LogP contribution < -0.4 is 4.31 Å². The van der Waals surface area contributed by atoms with Crippen LogP contribution in [0.3, 0.4) is 0 Å². The van der Waals surface area contributed by atoms with Gasteiger partial charge in [0.25, 0.3) is 0 Å². The minimum Gasteiger partial charge on any atom is -0.316 e. The first-order chi connectivity index (χ1) is 11.2. The molecule has 2 aromatic rings. The monoisotopic (exact) mass is 344 g/mol. The first kappa shape index (κ1) is 15.4. The number of likely N-dealkylation sites (tertiary alicyclic amines) is 1. The summed E-state index contributed by atoms with van der Waals surface area (Å²) in [5.41, 5.74) is 2.69. The Kier molecular flexibility index (Phi) is 4.27. The highest BCUT2D eigenvalue weighted by molar-refractivity contribution is 8.02. The van der Waals surface area contributed by atoms with Gasteiger partial charge in [0.1, 0.15) is 0 Å². The lowest BCUT2D eigenvalue weighted by atomic mass is 10.0. The van der Waals surface area contributed by atoms with E-state index in [0.29, 0.717) is 4.75 Å². The van der Waals surface area contributed by atoms with Crippen LogP contribution in [-0.2, 0) is 6.54 Å². The van der Waals surface area contributed by atoms with E-state index in [1.54, 1.807) is 0 Å². The van der Waals surface area contributed by atoms with Crippen molar-refractivity contribution in [2.45, 2.75) is 24.1 Å². The zero-order valence-electron chi connectivity index (χ0n) is 13.1. The Balaban J connectivity index is 1.39. The Labute approximate surface area is 147 Å². The minimum absolute atomic E-state index is 0.405. The summed E-state index contributed by atoms with van der Waals surface area (Å²) in [7, 11) is 0. The lowest BCUT2D eigenvalue weighted by Crippen LogP contribution is -2.28. The first-order valence-electron chi connectivity index (χ1n) is 8.21. The van der Waals surface area contributed by atoms with Crippen LogP contribution in [0.4, 0.5) is 5.69 Å². The average Bonchev–Trinajstić information content (AvgIpc) is 3.18. The lowest BCUT2D eigenvalue weighted by Gasteiger charge is -2.24. The molecule has 0 aromatic heterocycles. The molecule has 2 heterocycles. The molecule has 0 saturated carbocycles. The number of benzene rings is 2. The third-order valence-corrected chi connectivity index (χ3v) is 6.62. The van der Waals surface area contributed by atoms with Gasteiger partial charge in [-0.1, -0.05) is 41.9 Å². The van der Waals surface area contributed by atoms with Gasteiger partial charge in [-0.2, -0.15) is 0 Å². The molecule has 1 unspecified atom stereocenters. The molecule has 2 saturated heterocycles. The van der Waals surface area contributed by atoms with E-state index < -0.39 is 0 Å². The molecule has 2 aliphatic heterocycles. The molecule has 23 heavy (non-hydrogen) atoms. The van der Waals surface area contributed by atoms with E-state index >= 15 is 0 Å². The Morgan fingerprint density at radius 2 is 1.70 bits per heavy atom. The fourth-order valence-electron chi connectivity index (χ4n) is 3.60. The number of halogens is 1. The molecule has 2 aliphatic rings. The molecular formula is C19H21ClN2S. The van der Waals surface area contributed by atoms with E-state index in [1.165, 1.54) is 37.2 Å². The Bertz CT molecular complexity index is 661. The molecule has 0 N–H and O–H groups in total. The van der Waals surface area contributed by atoms with Gasteiger partial charge < -0.3 is 4.31 Å². The molecular weight excluding hydrogens is 324 g/mol. The minimum atomic E-state index is 0.405. The summed E-state index contributed by atoms with van der Waals surface area (Å²) in [6.07, 6.45) is 2.57.